The van der Waals surface area contributed by atoms with Crippen molar-refractivity contribution in [2.24, 2.45) is 10.9 Å². The largest absolute Gasteiger partial charge is 0.462 e. The summed E-state index contributed by atoms with van der Waals surface area (Å²) in [5, 5.41) is 4.01. The summed E-state index contributed by atoms with van der Waals surface area (Å²) in [5.41, 5.74) is 3.02. The first-order chi connectivity index (χ1) is 16.4. The lowest BCUT2D eigenvalue weighted by molar-refractivity contribution is -0.141. The van der Waals surface area contributed by atoms with Crippen LogP contribution in [0.1, 0.15) is 84.2 Å². The lowest BCUT2D eigenvalue weighted by atomic mass is 9.94. The number of hydrogen-bond acceptors (Lipinski definition) is 6. The zero-order chi connectivity index (χ0) is 24.5. The maximum Gasteiger partial charge on any atom is 0.338 e. The van der Waals surface area contributed by atoms with Gasteiger partial charge in [-0.3, -0.25) is 4.79 Å². The number of anilines is 1. The summed E-state index contributed by atoms with van der Waals surface area (Å²) in [6.07, 6.45) is 7.16. The molecule has 1 aromatic carbocycles. The van der Waals surface area contributed by atoms with Gasteiger partial charge in [0.25, 0.3) is 0 Å². The van der Waals surface area contributed by atoms with Crippen LogP contribution in [0.3, 0.4) is 0 Å². The molecule has 3 rings (SSSR count). The smallest absolute Gasteiger partial charge is 0.338 e. The summed E-state index contributed by atoms with van der Waals surface area (Å²) in [5.74, 6) is 1.01. The molecular formula is C27H39N3O3S. The third kappa shape index (κ3) is 7.11. The number of hydrogen-bond donors (Lipinski definition) is 1. The number of unbranched alkanes of at least 4 members (excludes halogenated alkanes) is 4. The van der Waals surface area contributed by atoms with Gasteiger partial charge in [0.2, 0.25) is 5.91 Å². The fourth-order valence-electron chi connectivity index (χ4n) is 4.30. The lowest BCUT2D eigenvalue weighted by Crippen LogP contribution is -2.42. The van der Waals surface area contributed by atoms with Crippen LogP contribution in [0.4, 0.5) is 5.69 Å². The van der Waals surface area contributed by atoms with E-state index in [1.807, 2.05) is 45.0 Å². The predicted octanol–water partition coefficient (Wildman–Crippen LogP) is 6.31. The number of aliphatic imine (C=N–C) groups is 1. The fraction of sp³-hybridized carbons (Fsp3) is 0.593. The number of carbonyl (C=O) groups excluding carboxylic acids is 2. The minimum absolute atomic E-state index is 0.0383. The second-order valence-electron chi connectivity index (χ2n) is 9.52. The van der Waals surface area contributed by atoms with Gasteiger partial charge < -0.3 is 15.0 Å². The molecule has 2 heterocycles. The highest BCUT2D eigenvalue weighted by Crippen LogP contribution is 2.40. The number of esters is 1. The van der Waals surface area contributed by atoms with E-state index in [2.05, 4.69) is 17.1 Å². The maximum absolute atomic E-state index is 13.2. The molecular weight excluding hydrogens is 446 g/mol. The molecule has 1 fully saturated rings. The van der Waals surface area contributed by atoms with Crippen LogP contribution < -0.4 is 5.32 Å². The van der Waals surface area contributed by atoms with Crippen LogP contribution in [-0.4, -0.2) is 40.8 Å². The van der Waals surface area contributed by atoms with Gasteiger partial charge in [-0.1, -0.05) is 70.3 Å². The van der Waals surface area contributed by atoms with Gasteiger partial charge in [-0.25, -0.2) is 9.79 Å². The average molecular weight is 486 g/mol. The Kier molecular flexibility index (Phi) is 10.1. The molecule has 0 aromatic heterocycles. The summed E-state index contributed by atoms with van der Waals surface area (Å²) in [6.45, 7) is 9.35. The van der Waals surface area contributed by atoms with Crippen molar-refractivity contribution in [1.29, 1.82) is 0 Å². The first kappa shape index (κ1) is 26.3. The molecule has 2 aliphatic rings. The number of amidine groups is 1. The van der Waals surface area contributed by atoms with E-state index in [4.69, 9.17) is 9.73 Å². The number of nitrogens with zero attached hydrogens (tertiary/aromatic N) is 2. The zero-order valence-electron chi connectivity index (χ0n) is 21.1. The Hall–Kier alpha value is -2.28. The minimum Gasteiger partial charge on any atom is -0.462 e. The van der Waals surface area contributed by atoms with Gasteiger partial charge in [0.15, 0.2) is 5.17 Å². The van der Waals surface area contributed by atoms with E-state index in [-0.39, 0.29) is 23.8 Å². The molecule has 1 aromatic rings. The number of rotatable bonds is 11. The number of allylic oxidation sites excluding steroid dienone is 1. The van der Waals surface area contributed by atoms with E-state index < -0.39 is 0 Å². The zero-order valence-corrected chi connectivity index (χ0v) is 21.9. The van der Waals surface area contributed by atoms with Crippen LogP contribution in [0.2, 0.25) is 0 Å². The van der Waals surface area contributed by atoms with Crippen LogP contribution in [-0.2, 0) is 14.3 Å². The highest BCUT2D eigenvalue weighted by molar-refractivity contribution is 8.13. The molecule has 1 amide bonds. The molecule has 0 aliphatic carbocycles. The molecule has 0 radical (unpaired) electrons. The molecule has 6 nitrogen and oxygen atoms in total. The van der Waals surface area contributed by atoms with Crippen molar-refractivity contribution < 1.29 is 14.3 Å². The molecule has 1 saturated heterocycles. The number of benzene rings is 1. The molecule has 1 unspecified atom stereocenters. The van der Waals surface area contributed by atoms with Crippen molar-refractivity contribution in [2.45, 2.75) is 78.7 Å². The maximum atomic E-state index is 13.2. The van der Waals surface area contributed by atoms with Gasteiger partial charge in [0.05, 0.1) is 23.9 Å². The average Bonchev–Trinajstić information content (AvgIpc) is 2.81. The Morgan fingerprint density at radius 2 is 2.03 bits per heavy atom. The van der Waals surface area contributed by atoms with Crippen molar-refractivity contribution in [3.63, 3.8) is 0 Å². The van der Waals surface area contributed by atoms with Crippen molar-refractivity contribution in [3.05, 3.63) is 41.1 Å². The quantitative estimate of drug-likeness (QED) is 0.294. The normalized spacial score (nSPS) is 18.0. The van der Waals surface area contributed by atoms with E-state index in [0.29, 0.717) is 24.3 Å². The molecule has 0 bridgehead atoms. The Bertz CT molecular complexity index is 925. The Balaban J connectivity index is 1.80. The molecule has 0 spiro atoms. The summed E-state index contributed by atoms with van der Waals surface area (Å²) in [7, 11) is 0. The van der Waals surface area contributed by atoms with Crippen molar-refractivity contribution in [1.82, 2.24) is 4.90 Å². The minimum atomic E-state index is -0.309. The molecule has 2 aliphatic heterocycles. The van der Waals surface area contributed by atoms with Gasteiger partial charge in [-0.05, 0) is 43.4 Å². The van der Waals surface area contributed by atoms with Crippen LogP contribution in [0, 0.1) is 5.92 Å². The molecule has 186 valence electrons. The predicted molar refractivity (Wildman–Crippen MR) is 141 cm³/mol. The van der Waals surface area contributed by atoms with Crippen LogP contribution in [0.5, 0.6) is 0 Å². The Morgan fingerprint density at radius 3 is 2.79 bits per heavy atom. The highest BCUT2D eigenvalue weighted by atomic mass is 32.2. The van der Waals surface area contributed by atoms with Gasteiger partial charge >= 0.3 is 5.97 Å². The number of amides is 1. The number of fused-ring (bicyclic) bond motifs is 1. The lowest BCUT2D eigenvalue weighted by Gasteiger charge is -2.40. The number of carbonyl (C=O) groups is 2. The summed E-state index contributed by atoms with van der Waals surface area (Å²) in [4.78, 5) is 32.6. The van der Waals surface area contributed by atoms with Gasteiger partial charge in [0.1, 0.15) is 0 Å². The van der Waals surface area contributed by atoms with Crippen molar-refractivity contribution in [3.8, 4) is 0 Å². The topological polar surface area (TPSA) is 71.0 Å². The van der Waals surface area contributed by atoms with E-state index in [0.717, 1.165) is 48.0 Å². The second-order valence-corrected chi connectivity index (χ2v) is 10.6. The van der Waals surface area contributed by atoms with E-state index >= 15 is 0 Å². The molecule has 34 heavy (non-hydrogen) atoms. The number of ether oxygens (including phenoxy) is 1. The number of thioether (sulfide) groups is 1. The second kappa shape index (κ2) is 13.0. The van der Waals surface area contributed by atoms with E-state index in [1.54, 1.807) is 11.8 Å². The third-order valence-corrected chi connectivity index (χ3v) is 7.10. The highest BCUT2D eigenvalue weighted by Gasteiger charge is 2.38. The molecule has 0 saturated carbocycles. The fourth-order valence-corrected chi connectivity index (χ4v) is 5.32. The van der Waals surface area contributed by atoms with E-state index in [1.165, 1.54) is 19.3 Å². The Labute approximate surface area is 208 Å². The van der Waals surface area contributed by atoms with Crippen LogP contribution in [0.15, 0.2) is 40.5 Å². The van der Waals surface area contributed by atoms with Gasteiger partial charge in [-0.15, -0.1) is 0 Å². The summed E-state index contributed by atoms with van der Waals surface area (Å²) < 4.78 is 5.64. The molecule has 1 atom stereocenters. The van der Waals surface area contributed by atoms with Crippen molar-refractivity contribution >= 4 is 34.5 Å². The van der Waals surface area contributed by atoms with E-state index in [9.17, 15) is 9.59 Å². The number of nitrogens with one attached hydrogen (secondary N) is 1. The Morgan fingerprint density at radius 1 is 1.24 bits per heavy atom. The van der Waals surface area contributed by atoms with Crippen LogP contribution in [0.25, 0.3) is 0 Å². The monoisotopic (exact) mass is 485 g/mol. The summed E-state index contributed by atoms with van der Waals surface area (Å²) in [6, 6.07) is 7.60. The standard InChI is InChI=1S/C27H39N3O3S/c1-5-6-7-8-9-14-23(31)29-22-13-10-12-21(17-22)25-24(26(32)33-18-19(2)3)20(4)28-27-30(25)15-11-16-34-27/h10,12-13,17,19,25H,5-9,11,14-16,18H2,1-4H3,(H,29,31). The first-order valence-electron chi connectivity index (χ1n) is 12.7. The van der Waals surface area contributed by atoms with Gasteiger partial charge in [0, 0.05) is 24.4 Å². The third-order valence-electron chi connectivity index (χ3n) is 6.02. The van der Waals surface area contributed by atoms with Crippen molar-refractivity contribution in [2.75, 3.05) is 24.2 Å². The first-order valence-corrected chi connectivity index (χ1v) is 13.6. The molecule has 7 heteroatoms. The molecule has 1 N–H and O–H groups in total. The SMILES string of the molecule is CCCCCCCC(=O)Nc1cccc(C2C(C(=O)OCC(C)C)=C(C)N=C3SCCCN32)c1. The van der Waals surface area contributed by atoms with Gasteiger partial charge in [-0.2, -0.15) is 0 Å². The summed E-state index contributed by atoms with van der Waals surface area (Å²) >= 11 is 1.73. The van der Waals surface area contributed by atoms with Crippen LogP contribution >= 0.6 is 11.8 Å².